The zero-order valence-corrected chi connectivity index (χ0v) is 20.8. The number of carbonyl (C=O) groups is 2. The number of nitro groups is 1. The van der Waals surface area contributed by atoms with Crippen molar-refractivity contribution >= 4 is 29.3 Å². The Morgan fingerprint density at radius 2 is 2.00 bits per heavy atom. The van der Waals surface area contributed by atoms with Gasteiger partial charge in [0, 0.05) is 30.8 Å². The summed E-state index contributed by atoms with van der Waals surface area (Å²) in [6.45, 7) is 6.07. The Balaban J connectivity index is 1.65. The van der Waals surface area contributed by atoms with E-state index in [-0.39, 0.29) is 34.9 Å². The first-order valence-corrected chi connectivity index (χ1v) is 12.5. The molecule has 2 aromatic rings. The molecule has 1 aromatic carbocycles. The number of hydrogen-bond acceptors (Lipinski definition) is 7. The summed E-state index contributed by atoms with van der Waals surface area (Å²) in [5.41, 5.74) is 0.0530. The van der Waals surface area contributed by atoms with E-state index < -0.39 is 16.9 Å². The molecule has 184 valence electrons. The van der Waals surface area contributed by atoms with Gasteiger partial charge in [-0.25, -0.2) is 0 Å². The van der Waals surface area contributed by atoms with Crippen LogP contribution >= 0.6 is 11.8 Å². The van der Waals surface area contributed by atoms with Crippen molar-refractivity contribution in [2.75, 3.05) is 5.75 Å². The van der Waals surface area contributed by atoms with Crippen molar-refractivity contribution < 1.29 is 14.5 Å². The van der Waals surface area contributed by atoms with Crippen LogP contribution in [0.2, 0.25) is 0 Å². The first-order valence-electron chi connectivity index (χ1n) is 11.5. The van der Waals surface area contributed by atoms with Gasteiger partial charge >= 0.3 is 0 Å². The van der Waals surface area contributed by atoms with Crippen LogP contribution in [-0.4, -0.2) is 43.3 Å². The maximum Gasteiger partial charge on any atom is 0.270 e. The van der Waals surface area contributed by atoms with Gasteiger partial charge in [-0.3, -0.25) is 19.7 Å². The zero-order chi connectivity index (χ0) is 24.8. The highest BCUT2D eigenvalue weighted by Gasteiger charge is 2.27. The number of thioether (sulfide) groups is 1. The third-order valence-corrected chi connectivity index (χ3v) is 7.23. The van der Waals surface area contributed by atoms with Gasteiger partial charge < -0.3 is 15.2 Å². The normalized spacial score (nSPS) is 19.0. The van der Waals surface area contributed by atoms with Gasteiger partial charge in [-0.15, -0.1) is 10.2 Å². The SMILES string of the molecule is CC(C)[C@H](NC(=O)c1cccc([N+](=O)[O-])c1)c1nnc(SCC(=O)N[C@@H]2CCCC[C@@H]2C)n1C. The van der Waals surface area contributed by atoms with Crippen molar-refractivity contribution in [3.63, 3.8) is 0 Å². The molecule has 2 N–H and O–H groups in total. The van der Waals surface area contributed by atoms with Gasteiger partial charge in [-0.2, -0.15) is 0 Å². The molecule has 1 aromatic heterocycles. The van der Waals surface area contributed by atoms with Gasteiger partial charge in [-0.05, 0) is 30.7 Å². The van der Waals surface area contributed by atoms with Crippen LogP contribution in [0.4, 0.5) is 5.69 Å². The van der Waals surface area contributed by atoms with Gasteiger partial charge in [-0.1, -0.05) is 51.4 Å². The molecule has 1 heterocycles. The van der Waals surface area contributed by atoms with E-state index in [9.17, 15) is 19.7 Å². The maximum absolute atomic E-state index is 12.8. The molecule has 0 saturated heterocycles. The molecule has 1 aliphatic carbocycles. The minimum Gasteiger partial charge on any atom is -0.352 e. The largest absolute Gasteiger partial charge is 0.352 e. The van der Waals surface area contributed by atoms with Crippen LogP contribution in [0.5, 0.6) is 0 Å². The van der Waals surface area contributed by atoms with Gasteiger partial charge in [0.25, 0.3) is 11.6 Å². The molecule has 0 aliphatic heterocycles. The van der Waals surface area contributed by atoms with E-state index in [4.69, 9.17) is 0 Å². The Bertz CT molecular complexity index is 1040. The summed E-state index contributed by atoms with van der Waals surface area (Å²) in [7, 11) is 1.80. The topological polar surface area (TPSA) is 132 Å². The van der Waals surface area contributed by atoms with Crippen molar-refractivity contribution in [1.29, 1.82) is 0 Å². The smallest absolute Gasteiger partial charge is 0.270 e. The highest BCUT2D eigenvalue weighted by Crippen LogP contribution is 2.26. The Morgan fingerprint density at radius 1 is 1.26 bits per heavy atom. The Morgan fingerprint density at radius 3 is 2.68 bits per heavy atom. The van der Waals surface area contributed by atoms with Crippen molar-refractivity contribution in [3.05, 3.63) is 45.8 Å². The Kier molecular flexibility index (Phi) is 8.65. The van der Waals surface area contributed by atoms with Crippen molar-refractivity contribution in [1.82, 2.24) is 25.4 Å². The summed E-state index contributed by atoms with van der Waals surface area (Å²) >= 11 is 1.30. The standard InChI is InChI=1S/C23H32N6O4S/c1-14(2)20(25-22(31)16-9-7-10-17(12-16)29(32)33)21-26-27-23(28(21)4)34-13-19(30)24-18-11-6-5-8-15(18)3/h7,9-10,12,14-15,18,20H,5-6,8,11,13H2,1-4H3,(H,24,30)(H,25,31)/t15-,18+,20-/m0/s1. The summed E-state index contributed by atoms with van der Waals surface area (Å²) in [5.74, 6) is 0.817. The second-order valence-electron chi connectivity index (χ2n) is 9.13. The van der Waals surface area contributed by atoms with Crippen molar-refractivity contribution in [2.24, 2.45) is 18.9 Å². The molecule has 11 heteroatoms. The number of nitrogens with zero attached hydrogens (tertiary/aromatic N) is 4. The number of benzene rings is 1. The van der Waals surface area contributed by atoms with E-state index in [1.165, 1.54) is 42.4 Å². The summed E-state index contributed by atoms with van der Waals surface area (Å²) in [6, 6.07) is 5.36. The molecule has 0 radical (unpaired) electrons. The highest BCUT2D eigenvalue weighted by atomic mass is 32.2. The number of rotatable bonds is 9. The fourth-order valence-corrected chi connectivity index (χ4v) is 4.88. The molecule has 2 amide bonds. The lowest BCUT2D eigenvalue weighted by atomic mass is 9.86. The third kappa shape index (κ3) is 6.34. The van der Waals surface area contributed by atoms with Crippen molar-refractivity contribution in [3.8, 4) is 0 Å². The second-order valence-corrected chi connectivity index (χ2v) is 10.1. The van der Waals surface area contributed by atoms with Gasteiger partial charge in [0.15, 0.2) is 11.0 Å². The lowest BCUT2D eigenvalue weighted by molar-refractivity contribution is -0.384. The van der Waals surface area contributed by atoms with Gasteiger partial charge in [0.05, 0.1) is 16.7 Å². The number of hydrogen-bond donors (Lipinski definition) is 2. The molecule has 0 bridgehead atoms. The van der Waals surface area contributed by atoms with Gasteiger partial charge in [0.2, 0.25) is 5.91 Å². The molecule has 0 unspecified atom stereocenters. The molecule has 34 heavy (non-hydrogen) atoms. The van der Waals surface area contributed by atoms with Crippen LogP contribution in [0.3, 0.4) is 0 Å². The number of amides is 2. The maximum atomic E-state index is 12.8. The highest BCUT2D eigenvalue weighted by molar-refractivity contribution is 7.99. The molecule has 1 saturated carbocycles. The van der Waals surface area contributed by atoms with E-state index in [0.29, 0.717) is 16.9 Å². The molecule has 3 rings (SSSR count). The summed E-state index contributed by atoms with van der Waals surface area (Å²) < 4.78 is 1.78. The van der Waals surface area contributed by atoms with E-state index in [0.717, 1.165) is 19.3 Å². The average molecular weight is 489 g/mol. The molecule has 0 spiro atoms. The molecular weight excluding hydrogens is 456 g/mol. The van der Waals surface area contributed by atoms with Crippen LogP contribution in [0.15, 0.2) is 29.4 Å². The Labute approximate surface area is 203 Å². The number of carbonyl (C=O) groups excluding carboxylic acids is 2. The number of aromatic nitrogens is 3. The van der Waals surface area contributed by atoms with Gasteiger partial charge in [0.1, 0.15) is 0 Å². The predicted octanol–water partition coefficient (Wildman–Crippen LogP) is 3.64. The van der Waals surface area contributed by atoms with Crippen LogP contribution in [0, 0.1) is 22.0 Å². The predicted molar refractivity (Wildman–Crippen MR) is 129 cm³/mol. The lowest BCUT2D eigenvalue weighted by Gasteiger charge is -2.29. The number of non-ortho nitro benzene ring substituents is 1. The summed E-state index contributed by atoms with van der Waals surface area (Å²) in [4.78, 5) is 35.8. The van der Waals surface area contributed by atoms with Crippen LogP contribution in [0.1, 0.15) is 68.7 Å². The molecule has 10 nitrogen and oxygen atoms in total. The quantitative estimate of drug-likeness (QED) is 0.313. The van der Waals surface area contributed by atoms with Crippen LogP contribution in [0.25, 0.3) is 0 Å². The summed E-state index contributed by atoms with van der Waals surface area (Å²) in [6.07, 6.45) is 4.53. The van der Waals surface area contributed by atoms with E-state index in [1.807, 2.05) is 13.8 Å². The lowest BCUT2D eigenvalue weighted by Crippen LogP contribution is -2.41. The van der Waals surface area contributed by atoms with Crippen LogP contribution < -0.4 is 10.6 Å². The molecular formula is C23H32N6O4S. The molecule has 3 atom stereocenters. The van der Waals surface area contributed by atoms with E-state index in [1.54, 1.807) is 11.6 Å². The molecule has 1 aliphatic rings. The Hall–Kier alpha value is -2.95. The molecule has 1 fully saturated rings. The van der Waals surface area contributed by atoms with Crippen molar-refractivity contribution in [2.45, 2.75) is 63.7 Å². The third-order valence-electron chi connectivity index (χ3n) is 6.21. The zero-order valence-electron chi connectivity index (χ0n) is 20.0. The summed E-state index contributed by atoms with van der Waals surface area (Å²) in [5, 5.41) is 26.2. The first kappa shape index (κ1) is 25.7. The second kappa shape index (κ2) is 11.5. The fourth-order valence-electron chi connectivity index (χ4n) is 4.15. The van der Waals surface area contributed by atoms with E-state index >= 15 is 0 Å². The van der Waals surface area contributed by atoms with Crippen LogP contribution in [-0.2, 0) is 11.8 Å². The first-order chi connectivity index (χ1) is 16.2. The van der Waals surface area contributed by atoms with E-state index in [2.05, 4.69) is 27.8 Å². The minimum atomic E-state index is -0.534. The monoisotopic (exact) mass is 488 g/mol. The number of nitrogens with one attached hydrogen (secondary N) is 2. The average Bonchev–Trinajstić information content (AvgIpc) is 3.17. The fraction of sp³-hybridized carbons (Fsp3) is 0.565. The number of nitro benzene ring substituents is 1. The minimum absolute atomic E-state index is 0.0144.